The molecule has 2 rings (SSSR count). The molecule has 1 saturated heterocycles. The molecule has 82 valence electrons. The first-order valence-electron chi connectivity index (χ1n) is 4.43. The van der Waals surface area contributed by atoms with Crippen molar-refractivity contribution in [3.05, 3.63) is 22.6 Å². The van der Waals surface area contributed by atoms with Crippen molar-refractivity contribution < 1.29 is 13.9 Å². The molecule has 2 atom stereocenters. The Labute approximate surface area is 100 Å². The number of rotatable bonds is 2. The zero-order valence-corrected chi connectivity index (χ0v) is 10.0. The van der Waals surface area contributed by atoms with E-state index in [-0.39, 0.29) is 17.3 Å². The molecule has 0 aromatic carbocycles. The molecule has 1 aliphatic rings. The van der Waals surface area contributed by atoms with Crippen LogP contribution in [0.3, 0.4) is 0 Å². The number of carbonyl (C=O) groups excluding carboxylic acids is 1. The Morgan fingerprint density at radius 3 is 2.93 bits per heavy atom. The zero-order chi connectivity index (χ0) is 10.8. The van der Waals surface area contributed by atoms with Crippen LogP contribution in [0.2, 0.25) is 0 Å². The Hall–Kier alpha value is -0.520. The van der Waals surface area contributed by atoms with E-state index in [2.05, 4.69) is 21.2 Å². The van der Waals surface area contributed by atoms with Gasteiger partial charge in [-0.15, -0.1) is 11.6 Å². The first kappa shape index (κ1) is 11.0. The van der Waals surface area contributed by atoms with Crippen LogP contribution < -0.4 is 5.32 Å². The third kappa shape index (κ3) is 2.53. The van der Waals surface area contributed by atoms with Crippen molar-refractivity contribution in [2.45, 2.75) is 11.4 Å². The van der Waals surface area contributed by atoms with Crippen LogP contribution >= 0.6 is 27.5 Å². The number of hydrogen-bond donors (Lipinski definition) is 1. The average Bonchev–Trinajstić information content (AvgIpc) is 2.77. The van der Waals surface area contributed by atoms with Crippen molar-refractivity contribution >= 4 is 33.4 Å². The lowest BCUT2D eigenvalue weighted by molar-refractivity contribution is 0.0929. The molecule has 0 bridgehead atoms. The number of alkyl halides is 1. The minimum absolute atomic E-state index is 0.132. The fourth-order valence-corrected chi connectivity index (χ4v) is 1.91. The van der Waals surface area contributed by atoms with E-state index in [1.165, 1.54) is 6.26 Å². The van der Waals surface area contributed by atoms with E-state index >= 15 is 0 Å². The molecule has 1 aromatic rings. The maximum Gasteiger partial charge on any atom is 0.254 e. The van der Waals surface area contributed by atoms with Gasteiger partial charge in [-0.2, -0.15) is 0 Å². The second-order valence-electron chi connectivity index (χ2n) is 3.27. The maximum atomic E-state index is 11.7. The van der Waals surface area contributed by atoms with Gasteiger partial charge < -0.3 is 14.5 Å². The van der Waals surface area contributed by atoms with Crippen LogP contribution in [-0.4, -0.2) is 30.5 Å². The van der Waals surface area contributed by atoms with Crippen LogP contribution in [0, 0.1) is 0 Å². The Morgan fingerprint density at radius 2 is 2.40 bits per heavy atom. The Balaban J connectivity index is 1.97. The number of halogens is 2. The summed E-state index contributed by atoms with van der Waals surface area (Å²) in [4.78, 5) is 11.7. The topological polar surface area (TPSA) is 51.5 Å². The Morgan fingerprint density at radius 1 is 1.60 bits per heavy atom. The zero-order valence-electron chi connectivity index (χ0n) is 7.70. The first-order valence-corrected chi connectivity index (χ1v) is 5.66. The predicted molar refractivity (Wildman–Crippen MR) is 58.1 cm³/mol. The van der Waals surface area contributed by atoms with E-state index in [1.807, 2.05) is 0 Å². The molecule has 2 unspecified atom stereocenters. The molecule has 2 heterocycles. The van der Waals surface area contributed by atoms with Crippen LogP contribution in [0.4, 0.5) is 0 Å². The molecule has 6 heteroatoms. The summed E-state index contributed by atoms with van der Waals surface area (Å²) < 4.78 is 10.6. The molecule has 0 spiro atoms. The van der Waals surface area contributed by atoms with Crippen LogP contribution in [0.1, 0.15) is 10.4 Å². The highest BCUT2D eigenvalue weighted by atomic mass is 79.9. The van der Waals surface area contributed by atoms with Gasteiger partial charge in [-0.05, 0) is 15.9 Å². The molecule has 1 fully saturated rings. The number of amides is 1. The predicted octanol–water partition coefficient (Wildman–Crippen LogP) is 1.78. The van der Waals surface area contributed by atoms with Crippen molar-refractivity contribution in [3.8, 4) is 0 Å². The van der Waals surface area contributed by atoms with Crippen LogP contribution in [0.15, 0.2) is 21.4 Å². The third-order valence-electron chi connectivity index (χ3n) is 2.16. The standard InChI is InChI=1S/C9H9BrClNO3/c10-8-1-5(2-15-8)9(13)12-7-4-14-3-6(7)11/h1-2,6-7H,3-4H2,(H,12,13). The molecule has 1 aliphatic heterocycles. The molecule has 0 aliphatic carbocycles. The molecule has 15 heavy (non-hydrogen) atoms. The monoisotopic (exact) mass is 293 g/mol. The van der Waals surface area contributed by atoms with Gasteiger partial charge in [-0.25, -0.2) is 0 Å². The van der Waals surface area contributed by atoms with Gasteiger partial charge >= 0.3 is 0 Å². The molecule has 0 saturated carbocycles. The van der Waals surface area contributed by atoms with E-state index in [0.717, 1.165) is 0 Å². The molecule has 1 aromatic heterocycles. The van der Waals surface area contributed by atoms with E-state index in [9.17, 15) is 4.79 Å². The number of nitrogens with one attached hydrogen (secondary N) is 1. The van der Waals surface area contributed by atoms with Gasteiger partial charge in [0.15, 0.2) is 4.67 Å². The molecule has 4 nitrogen and oxygen atoms in total. The quantitative estimate of drug-likeness (QED) is 0.846. The summed E-state index contributed by atoms with van der Waals surface area (Å²) in [5.74, 6) is -0.203. The number of hydrogen-bond acceptors (Lipinski definition) is 3. The van der Waals surface area contributed by atoms with Gasteiger partial charge in [0.2, 0.25) is 0 Å². The summed E-state index contributed by atoms with van der Waals surface area (Å²) in [5.41, 5.74) is 0.470. The van der Waals surface area contributed by atoms with Gasteiger partial charge in [0.25, 0.3) is 5.91 Å². The molecule has 1 amide bonds. The fourth-order valence-electron chi connectivity index (χ4n) is 1.34. The normalized spacial score (nSPS) is 25.5. The first-order chi connectivity index (χ1) is 7.16. The van der Waals surface area contributed by atoms with Crippen molar-refractivity contribution in [2.24, 2.45) is 0 Å². The number of ether oxygens (including phenoxy) is 1. The van der Waals surface area contributed by atoms with Gasteiger partial charge in [-0.3, -0.25) is 4.79 Å². The van der Waals surface area contributed by atoms with E-state index < -0.39 is 0 Å². The van der Waals surface area contributed by atoms with E-state index in [1.54, 1.807) is 6.07 Å². The van der Waals surface area contributed by atoms with Gasteiger partial charge in [0, 0.05) is 6.07 Å². The van der Waals surface area contributed by atoms with Crippen molar-refractivity contribution in [3.63, 3.8) is 0 Å². The molecule has 0 radical (unpaired) electrons. The van der Waals surface area contributed by atoms with Crippen molar-refractivity contribution in [1.82, 2.24) is 5.32 Å². The molecular weight excluding hydrogens is 285 g/mol. The minimum Gasteiger partial charge on any atom is -0.457 e. The lowest BCUT2D eigenvalue weighted by atomic mass is 10.2. The van der Waals surface area contributed by atoms with Crippen LogP contribution in [0.5, 0.6) is 0 Å². The highest BCUT2D eigenvalue weighted by Gasteiger charge is 2.28. The number of carbonyl (C=O) groups is 1. The molecule has 1 N–H and O–H groups in total. The van der Waals surface area contributed by atoms with E-state index in [4.69, 9.17) is 20.8 Å². The fraction of sp³-hybridized carbons (Fsp3) is 0.444. The Bertz CT molecular complexity index is 368. The minimum atomic E-state index is -0.203. The van der Waals surface area contributed by atoms with Gasteiger partial charge in [0.05, 0.1) is 30.2 Å². The summed E-state index contributed by atoms with van der Waals surface area (Å²) in [6, 6.07) is 1.47. The summed E-state index contributed by atoms with van der Waals surface area (Å²) in [6.07, 6.45) is 1.39. The maximum absolute atomic E-state index is 11.7. The SMILES string of the molecule is O=C(NC1COCC1Cl)c1coc(Br)c1. The van der Waals surface area contributed by atoms with Crippen LogP contribution in [0.25, 0.3) is 0 Å². The summed E-state index contributed by atoms with van der Waals surface area (Å²) in [6.45, 7) is 0.931. The molecular formula is C9H9BrClNO3. The lowest BCUT2D eigenvalue weighted by Gasteiger charge is -2.12. The van der Waals surface area contributed by atoms with Gasteiger partial charge in [-0.1, -0.05) is 0 Å². The highest BCUT2D eigenvalue weighted by molar-refractivity contribution is 9.10. The van der Waals surface area contributed by atoms with Gasteiger partial charge in [0.1, 0.15) is 6.26 Å². The summed E-state index contributed by atoms with van der Waals surface area (Å²) in [5, 5.41) is 2.62. The van der Waals surface area contributed by atoms with Crippen molar-refractivity contribution in [1.29, 1.82) is 0 Å². The summed E-state index contributed by atoms with van der Waals surface area (Å²) >= 11 is 9.07. The highest BCUT2D eigenvalue weighted by Crippen LogP contribution is 2.16. The largest absolute Gasteiger partial charge is 0.457 e. The van der Waals surface area contributed by atoms with E-state index in [0.29, 0.717) is 23.4 Å². The second kappa shape index (κ2) is 4.55. The van der Waals surface area contributed by atoms with Crippen molar-refractivity contribution in [2.75, 3.05) is 13.2 Å². The smallest absolute Gasteiger partial charge is 0.254 e. The Kier molecular flexibility index (Phi) is 3.33. The summed E-state index contributed by atoms with van der Waals surface area (Å²) in [7, 11) is 0. The van der Waals surface area contributed by atoms with Crippen LogP contribution in [-0.2, 0) is 4.74 Å². The lowest BCUT2D eigenvalue weighted by Crippen LogP contribution is -2.40. The average molecular weight is 295 g/mol. The number of furan rings is 1. The second-order valence-corrected chi connectivity index (χ2v) is 4.62. The third-order valence-corrected chi connectivity index (χ3v) is 3.00.